The van der Waals surface area contributed by atoms with Crippen LogP contribution >= 0.6 is 0 Å². The van der Waals surface area contributed by atoms with Gasteiger partial charge in [-0.1, -0.05) is 140 Å². The van der Waals surface area contributed by atoms with E-state index in [0.29, 0.717) is 16.3 Å². The van der Waals surface area contributed by atoms with Crippen LogP contribution in [0.15, 0.2) is 168 Å². The third-order valence-electron chi connectivity index (χ3n) is 10.8. The van der Waals surface area contributed by atoms with Gasteiger partial charge in [0.1, 0.15) is 11.2 Å². The fraction of sp³-hybridized carbons (Fsp3) is 0. The van der Waals surface area contributed by atoms with Crippen molar-refractivity contribution >= 4 is 43.5 Å². The lowest BCUT2D eigenvalue weighted by molar-refractivity contribution is 0.330. The van der Waals surface area contributed by atoms with E-state index in [0.717, 1.165) is 77.2 Å². The number of hydrogen-bond donors (Lipinski definition) is 5. The number of phenols is 5. The second kappa shape index (κ2) is 12.7. The summed E-state index contributed by atoms with van der Waals surface area (Å²) < 4.78 is 6.46. The van der Waals surface area contributed by atoms with Crippen molar-refractivity contribution in [3.8, 4) is 84.4 Å². The Morgan fingerprint density at radius 1 is 0.286 bits per heavy atom. The summed E-state index contributed by atoms with van der Waals surface area (Å²) in [6, 6.07) is 54.9. The molecule has 268 valence electrons. The molecule has 0 aliphatic carbocycles. The third-order valence-corrected chi connectivity index (χ3v) is 10.8. The van der Waals surface area contributed by atoms with E-state index in [1.807, 2.05) is 72.8 Å². The molecule has 10 aromatic rings. The van der Waals surface area contributed by atoms with Gasteiger partial charge >= 0.3 is 0 Å². The smallest absolute Gasteiger partial charge is 0.208 e. The number of benzene rings is 9. The number of aromatic hydroxyl groups is 5. The second-order valence-electron chi connectivity index (χ2n) is 13.9. The van der Waals surface area contributed by atoms with Gasteiger partial charge in [0.2, 0.25) is 17.2 Å². The van der Waals surface area contributed by atoms with Crippen LogP contribution in [0.2, 0.25) is 0 Å². The van der Waals surface area contributed by atoms with Crippen molar-refractivity contribution in [3.05, 3.63) is 164 Å². The molecule has 56 heavy (non-hydrogen) atoms. The van der Waals surface area contributed by atoms with Crippen LogP contribution in [0.1, 0.15) is 0 Å². The van der Waals surface area contributed by atoms with E-state index in [2.05, 4.69) is 91.0 Å². The average Bonchev–Trinajstić information content (AvgIpc) is 3.63. The maximum Gasteiger partial charge on any atom is 0.208 e. The van der Waals surface area contributed by atoms with Crippen LogP contribution in [-0.4, -0.2) is 25.5 Å². The van der Waals surface area contributed by atoms with Crippen molar-refractivity contribution in [2.24, 2.45) is 0 Å². The van der Waals surface area contributed by atoms with Gasteiger partial charge in [-0.15, -0.1) is 0 Å². The summed E-state index contributed by atoms with van der Waals surface area (Å²) in [6.45, 7) is 0. The summed E-state index contributed by atoms with van der Waals surface area (Å²) in [5.74, 6) is -4.34. The maximum atomic E-state index is 11.2. The molecule has 5 N–H and O–H groups in total. The van der Waals surface area contributed by atoms with E-state index >= 15 is 0 Å². The Labute approximate surface area is 320 Å². The molecule has 6 nitrogen and oxygen atoms in total. The average molecular weight is 729 g/mol. The highest BCUT2D eigenvalue weighted by Crippen LogP contribution is 2.58. The van der Waals surface area contributed by atoms with Gasteiger partial charge in [-0.05, 0) is 84.8 Å². The standard InChI is InChI=1S/C50H32O6/c51-46-45(47(52)49(54)50(55)48(46)53)43-35-21-8-6-19-33(35)41(34-20-7-9-22-36(34)43)29-15-12-16-30(27-29)42-37(25-26-40-44(42)38-23-10-11-24-39(38)56-40)32-18-5-4-17-31(32)28-13-2-1-3-14-28/h1-27,51-55H. The number of hydrogen-bond acceptors (Lipinski definition) is 6. The molecule has 0 bridgehead atoms. The molecule has 10 rings (SSSR count). The van der Waals surface area contributed by atoms with Gasteiger partial charge in [0.05, 0.1) is 5.56 Å². The molecule has 9 aromatic carbocycles. The van der Waals surface area contributed by atoms with Gasteiger partial charge in [-0.2, -0.15) is 0 Å². The van der Waals surface area contributed by atoms with E-state index in [4.69, 9.17) is 4.42 Å². The van der Waals surface area contributed by atoms with Gasteiger partial charge in [0.15, 0.2) is 11.5 Å². The molecule has 1 aromatic heterocycles. The molecule has 6 heteroatoms. The Kier molecular flexibility index (Phi) is 7.47. The molecule has 0 spiro atoms. The van der Waals surface area contributed by atoms with Crippen LogP contribution < -0.4 is 0 Å². The first-order valence-corrected chi connectivity index (χ1v) is 18.2. The largest absolute Gasteiger partial charge is 0.504 e. The first-order chi connectivity index (χ1) is 27.4. The minimum absolute atomic E-state index is 0.189. The molecule has 0 saturated carbocycles. The van der Waals surface area contributed by atoms with Gasteiger partial charge in [-0.25, -0.2) is 0 Å². The van der Waals surface area contributed by atoms with E-state index < -0.39 is 28.7 Å². The predicted molar refractivity (Wildman–Crippen MR) is 224 cm³/mol. The first-order valence-electron chi connectivity index (χ1n) is 18.2. The highest BCUT2D eigenvalue weighted by atomic mass is 16.4. The summed E-state index contributed by atoms with van der Waals surface area (Å²) in [4.78, 5) is 0. The Morgan fingerprint density at radius 3 is 1.41 bits per heavy atom. The maximum absolute atomic E-state index is 11.2. The van der Waals surface area contributed by atoms with Gasteiger partial charge < -0.3 is 29.9 Å². The van der Waals surface area contributed by atoms with Crippen molar-refractivity contribution in [1.29, 1.82) is 0 Å². The Bertz CT molecular complexity index is 3110. The molecule has 1 heterocycles. The molecular weight excluding hydrogens is 697 g/mol. The third kappa shape index (κ3) is 4.90. The normalized spacial score (nSPS) is 11.6. The summed E-state index contributed by atoms with van der Waals surface area (Å²) in [6.07, 6.45) is 0. The summed E-state index contributed by atoms with van der Waals surface area (Å²) in [5, 5.41) is 58.7. The van der Waals surface area contributed by atoms with Crippen molar-refractivity contribution in [1.82, 2.24) is 0 Å². The van der Waals surface area contributed by atoms with E-state index in [9.17, 15) is 25.5 Å². The molecule has 0 unspecified atom stereocenters. The monoisotopic (exact) mass is 728 g/mol. The van der Waals surface area contributed by atoms with E-state index in [1.165, 1.54) is 0 Å². The lowest BCUT2D eigenvalue weighted by atomic mass is 9.83. The molecule has 0 atom stereocenters. The lowest BCUT2D eigenvalue weighted by Crippen LogP contribution is -1.93. The lowest BCUT2D eigenvalue weighted by Gasteiger charge is -2.20. The number of rotatable bonds is 5. The van der Waals surface area contributed by atoms with Crippen molar-refractivity contribution < 1.29 is 29.9 Å². The molecular formula is C50H32O6. The minimum atomic E-state index is -1.00. The van der Waals surface area contributed by atoms with Crippen LogP contribution in [0.4, 0.5) is 0 Å². The number of phenolic OH excluding ortho intramolecular Hbond substituents is 5. The fourth-order valence-corrected chi connectivity index (χ4v) is 8.39. The molecule has 0 fully saturated rings. The van der Waals surface area contributed by atoms with E-state index in [1.54, 1.807) is 0 Å². The van der Waals surface area contributed by atoms with Gasteiger partial charge in [0, 0.05) is 21.9 Å². The molecule has 0 saturated heterocycles. The summed E-state index contributed by atoms with van der Waals surface area (Å²) in [7, 11) is 0. The molecule has 0 aliphatic rings. The number of para-hydroxylation sites is 1. The van der Waals surface area contributed by atoms with Crippen molar-refractivity contribution in [2.75, 3.05) is 0 Å². The van der Waals surface area contributed by atoms with Gasteiger partial charge in [-0.3, -0.25) is 0 Å². The minimum Gasteiger partial charge on any atom is -0.504 e. The van der Waals surface area contributed by atoms with E-state index in [-0.39, 0.29) is 5.56 Å². The van der Waals surface area contributed by atoms with Crippen LogP contribution in [0.5, 0.6) is 28.7 Å². The van der Waals surface area contributed by atoms with Crippen LogP contribution in [0.25, 0.3) is 99.1 Å². The van der Waals surface area contributed by atoms with Crippen molar-refractivity contribution in [2.45, 2.75) is 0 Å². The Hall–Kier alpha value is -7.70. The van der Waals surface area contributed by atoms with Crippen LogP contribution in [0.3, 0.4) is 0 Å². The highest BCUT2D eigenvalue weighted by molar-refractivity contribution is 6.23. The topological polar surface area (TPSA) is 114 Å². The Balaban J connectivity index is 1.28. The molecule has 0 radical (unpaired) electrons. The SMILES string of the molecule is Oc1c(O)c(O)c(-c2c3ccccc3c(-c3cccc(-c4c(-c5ccccc5-c5ccccc5)ccc5oc6ccccc6c45)c3)c3ccccc23)c(O)c1O. The number of fused-ring (bicyclic) bond motifs is 5. The molecule has 0 amide bonds. The summed E-state index contributed by atoms with van der Waals surface area (Å²) >= 11 is 0. The summed E-state index contributed by atoms with van der Waals surface area (Å²) in [5.41, 5.74) is 10.0. The Morgan fingerprint density at radius 2 is 0.768 bits per heavy atom. The molecule has 0 aliphatic heterocycles. The van der Waals surface area contributed by atoms with Crippen LogP contribution in [0, 0.1) is 0 Å². The highest BCUT2D eigenvalue weighted by Gasteiger charge is 2.28. The zero-order chi connectivity index (χ0) is 38.1. The predicted octanol–water partition coefficient (Wildman–Crippen LogP) is 12.8. The quantitative estimate of drug-likeness (QED) is 0.0685. The van der Waals surface area contributed by atoms with Crippen LogP contribution in [-0.2, 0) is 0 Å². The number of furan rings is 1. The first kappa shape index (κ1) is 32.9. The zero-order valence-corrected chi connectivity index (χ0v) is 29.7. The zero-order valence-electron chi connectivity index (χ0n) is 29.7. The van der Waals surface area contributed by atoms with Crippen molar-refractivity contribution in [3.63, 3.8) is 0 Å². The second-order valence-corrected chi connectivity index (χ2v) is 13.9. The van der Waals surface area contributed by atoms with Gasteiger partial charge in [0.25, 0.3) is 0 Å². The fourth-order valence-electron chi connectivity index (χ4n) is 8.39.